The average molecular weight is 283 g/mol. The summed E-state index contributed by atoms with van der Waals surface area (Å²) in [6.07, 6.45) is 7.24. The highest BCUT2D eigenvalue weighted by Gasteiger charge is 2.27. The summed E-state index contributed by atoms with van der Waals surface area (Å²) in [4.78, 5) is 5.14. The molecule has 0 aromatic heterocycles. The molecule has 1 atom stereocenters. The van der Waals surface area contributed by atoms with Gasteiger partial charge in [0.05, 0.1) is 12.7 Å². The minimum atomic E-state index is 0.361. The van der Waals surface area contributed by atoms with Crippen LogP contribution in [0.3, 0.4) is 0 Å². The molecule has 0 amide bonds. The van der Waals surface area contributed by atoms with Crippen molar-refractivity contribution < 1.29 is 4.74 Å². The van der Waals surface area contributed by atoms with Crippen molar-refractivity contribution in [1.82, 2.24) is 9.80 Å². The fourth-order valence-corrected chi connectivity index (χ4v) is 3.62. The monoisotopic (exact) mass is 283 g/mol. The van der Waals surface area contributed by atoms with Crippen molar-refractivity contribution in [3.8, 4) is 0 Å². The quantitative estimate of drug-likeness (QED) is 0.805. The Morgan fingerprint density at radius 2 is 2.00 bits per heavy atom. The number of morpholine rings is 1. The van der Waals surface area contributed by atoms with Gasteiger partial charge >= 0.3 is 0 Å². The zero-order valence-electron chi connectivity index (χ0n) is 13.4. The standard InChI is InChI=1S/C16H33N3O/c1-14(2)18-10-11-20-16(12-18)13-19(9-8-17)15-6-4-3-5-7-15/h14-16H,3-13,17H2,1-2H3. The van der Waals surface area contributed by atoms with Crippen LogP contribution in [-0.2, 0) is 4.74 Å². The van der Waals surface area contributed by atoms with Crippen LogP contribution in [0.1, 0.15) is 46.0 Å². The number of nitrogens with two attached hydrogens (primary N) is 1. The summed E-state index contributed by atoms with van der Waals surface area (Å²) in [6.45, 7) is 10.4. The van der Waals surface area contributed by atoms with Crippen LogP contribution in [0.5, 0.6) is 0 Å². The maximum absolute atomic E-state index is 6.00. The number of nitrogens with zero attached hydrogens (tertiary/aromatic N) is 2. The van der Waals surface area contributed by atoms with Gasteiger partial charge in [-0.15, -0.1) is 0 Å². The summed E-state index contributed by atoms with van der Waals surface area (Å²) < 4.78 is 6.00. The van der Waals surface area contributed by atoms with Gasteiger partial charge in [-0.3, -0.25) is 9.80 Å². The molecule has 2 aliphatic rings. The molecule has 0 spiro atoms. The summed E-state index contributed by atoms with van der Waals surface area (Å²) in [5, 5.41) is 0. The Morgan fingerprint density at radius 3 is 2.65 bits per heavy atom. The van der Waals surface area contributed by atoms with Crippen molar-refractivity contribution in [3.05, 3.63) is 0 Å². The molecule has 0 aromatic carbocycles. The summed E-state index contributed by atoms with van der Waals surface area (Å²) in [7, 11) is 0. The van der Waals surface area contributed by atoms with E-state index >= 15 is 0 Å². The fraction of sp³-hybridized carbons (Fsp3) is 1.00. The van der Waals surface area contributed by atoms with Crippen LogP contribution in [0.4, 0.5) is 0 Å². The summed E-state index contributed by atoms with van der Waals surface area (Å²) in [6, 6.07) is 1.37. The van der Waals surface area contributed by atoms with E-state index in [2.05, 4.69) is 23.6 Å². The van der Waals surface area contributed by atoms with E-state index in [1.54, 1.807) is 0 Å². The van der Waals surface area contributed by atoms with Gasteiger partial charge in [0.25, 0.3) is 0 Å². The van der Waals surface area contributed by atoms with Crippen LogP contribution in [0.15, 0.2) is 0 Å². The predicted octanol–water partition coefficient (Wildman–Crippen LogP) is 1.69. The molecule has 0 bridgehead atoms. The normalized spacial score (nSPS) is 26.6. The van der Waals surface area contributed by atoms with Gasteiger partial charge in [-0.1, -0.05) is 19.3 Å². The van der Waals surface area contributed by atoms with Crippen LogP contribution in [-0.4, -0.2) is 67.3 Å². The number of hydrogen-bond acceptors (Lipinski definition) is 4. The third-order valence-electron chi connectivity index (χ3n) is 4.85. The number of ether oxygens (including phenoxy) is 1. The van der Waals surface area contributed by atoms with E-state index in [-0.39, 0.29) is 0 Å². The van der Waals surface area contributed by atoms with Gasteiger partial charge in [-0.2, -0.15) is 0 Å². The van der Waals surface area contributed by atoms with E-state index in [0.717, 1.165) is 45.4 Å². The maximum Gasteiger partial charge on any atom is 0.0829 e. The van der Waals surface area contributed by atoms with Crippen molar-refractivity contribution in [3.63, 3.8) is 0 Å². The Kier molecular flexibility index (Phi) is 6.75. The first-order valence-electron chi connectivity index (χ1n) is 8.50. The Hall–Kier alpha value is -0.160. The highest BCUT2D eigenvalue weighted by atomic mass is 16.5. The third-order valence-corrected chi connectivity index (χ3v) is 4.85. The molecule has 1 saturated heterocycles. The molecule has 1 unspecified atom stereocenters. The van der Waals surface area contributed by atoms with Gasteiger partial charge in [-0.05, 0) is 26.7 Å². The maximum atomic E-state index is 6.00. The van der Waals surface area contributed by atoms with Gasteiger partial charge in [0, 0.05) is 44.8 Å². The minimum Gasteiger partial charge on any atom is -0.374 e. The SMILES string of the molecule is CC(C)N1CCOC(CN(CCN)C2CCCCC2)C1. The van der Waals surface area contributed by atoms with Crippen LogP contribution < -0.4 is 5.73 Å². The van der Waals surface area contributed by atoms with Crippen LogP contribution in [0, 0.1) is 0 Å². The molecule has 2 fully saturated rings. The van der Waals surface area contributed by atoms with Crippen molar-refractivity contribution in [2.24, 2.45) is 5.73 Å². The van der Waals surface area contributed by atoms with Crippen LogP contribution >= 0.6 is 0 Å². The summed E-state index contributed by atoms with van der Waals surface area (Å²) in [5.74, 6) is 0. The molecule has 2 rings (SSSR count). The lowest BCUT2D eigenvalue weighted by atomic mass is 9.94. The molecule has 1 aliphatic heterocycles. The van der Waals surface area contributed by atoms with E-state index in [1.807, 2.05) is 0 Å². The largest absolute Gasteiger partial charge is 0.374 e. The lowest BCUT2D eigenvalue weighted by Gasteiger charge is -2.40. The van der Waals surface area contributed by atoms with E-state index in [1.165, 1.54) is 32.1 Å². The molecule has 118 valence electrons. The molecule has 1 aliphatic carbocycles. The summed E-state index contributed by atoms with van der Waals surface area (Å²) in [5.41, 5.74) is 5.82. The van der Waals surface area contributed by atoms with Gasteiger partial charge in [0.2, 0.25) is 0 Å². The summed E-state index contributed by atoms with van der Waals surface area (Å²) >= 11 is 0. The van der Waals surface area contributed by atoms with E-state index in [4.69, 9.17) is 10.5 Å². The van der Waals surface area contributed by atoms with Gasteiger partial charge in [0.1, 0.15) is 0 Å². The first-order valence-corrected chi connectivity index (χ1v) is 8.50. The molecule has 4 heteroatoms. The highest BCUT2D eigenvalue weighted by molar-refractivity contribution is 4.82. The molecular formula is C16H33N3O. The topological polar surface area (TPSA) is 41.7 Å². The molecule has 2 N–H and O–H groups in total. The smallest absolute Gasteiger partial charge is 0.0829 e. The van der Waals surface area contributed by atoms with Crippen molar-refractivity contribution >= 4 is 0 Å². The second-order valence-electron chi connectivity index (χ2n) is 6.66. The zero-order chi connectivity index (χ0) is 14.4. The highest BCUT2D eigenvalue weighted by Crippen LogP contribution is 2.23. The third kappa shape index (κ3) is 4.69. The van der Waals surface area contributed by atoms with E-state index < -0.39 is 0 Å². The predicted molar refractivity (Wildman–Crippen MR) is 83.9 cm³/mol. The van der Waals surface area contributed by atoms with Crippen molar-refractivity contribution in [2.75, 3.05) is 39.3 Å². The zero-order valence-corrected chi connectivity index (χ0v) is 13.4. The van der Waals surface area contributed by atoms with Gasteiger partial charge in [-0.25, -0.2) is 0 Å². The Labute approximate surface area is 124 Å². The lowest BCUT2D eigenvalue weighted by molar-refractivity contribution is -0.0582. The van der Waals surface area contributed by atoms with E-state index in [9.17, 15) is 0 Å². The second kappa shape index (κ2) is 8.32. The van der Waals surface area contributed by atoms with Crippen molar-refractivity contribution in [2.45, 2.75) is 64.1 Å². The molecule has 1 saturated carbocycles. The lowest BCUT2D eigenvalue weighted by Crippen LogP contribution is -2.52. The number of hydrogen-bond donors (Lipinski definition) is 1. The Balaban J connectivity index is 1.86. The molecular weight excluding hydrogens is 250 g/mol. The molecule has 0 radical (unpaired) electrons. The van der Waals surface area contributed by atoms with Crippen molar-refractivity contribution in [1.29, 1.82) is 0 Å². The molecule has 0 aromatic rings. The van der Waals surface area contributed by atoms with Gasteiger partial charge < -0.3 is 10.5 Å². The molecule has 20 heavy (non-hydrogen) atoms. The average Bonchev–Trinajstić information content (AvgIpc) is 2.48. The Morgan fingerprint density at radius 1 is 1.25 bits per heavy atom. The molecule has 1 heterocycles. The molecule has 4 nitrogen and oxygen atoms in total. The van der Waals surface area contributed by atoms with Crippen LogP contribution in [0.2, 0.25) is 0 Å². The Bertz CT molecular complexity index is 266. The first-order chi connectivity index (χ1) is 9.70. The van der Waals surface area contributed by atoms with Crippen LogP contribution in [0.25, 0.3) is 0 Å². The number of rotatable bonds is 6. The fourth-order valence-electron chi connectivity index (χ4n) is 3.62. The second-order valence-corrected chi connectivity index (χ2v) is 6.66. The first kappa shape index (κ1) is 16.2. The van der Waals surface area contributed by atoms with Gasteiger partial charge in [0.15, 0.2) is 0 Å². The minimum absolute atomic E-state index is 0.361. The van der Waals surface area contributed by atoms with E-state index in [0.29, 0.717) is 12.1 Å².